The lowest BCUT2D eigenvalue weighted by Gasteiger charge is -2.23. The quantitative estimate of drug-likeness (QED) is 0.755. The van der Waals surface area contributed by atoms with Crippen LogP contribution in [0.1, 0.15) is 34.1 Å². The first-order valence-corrected chi connectivity index (χ1v) is 6.13. The molecule has 18 heavy (non-hydrogen) atoms. The Balaban J connectivity index is 2.35. The largest absolute Gasteiger partial charge is 0.444 e. The van der Waals surface area contributed by atoms with E-state index in [1.165, 1.54) is 0 Å². The molecule has 1 rings (SSSR count). The van der Waals surface area contributed by atoms with E-state index >= 15 is 0 Å². The second-order valence-corrected chi connectivity index (χ2v) is 5.64. The van der Waals surface area contributed by atoms with Crippen LogP contribution in [0, 0.1) is 0 Å². The highest BCUT2D eigenvalue weighted by Gasteiger charge is 2.31. The lowest BCUT2D eigenvalue weighted by atomic mass is 10.2. The summed E-state index contributed by atoms with van der Waals surface area (Å²) in [4.78, 5) is 24.8. The number of aliphatic hydroxyl groups is 1. The molecule has 1 saturated heterocycles. The Morgan fingerprint density at radius 2 is 2.06 bits per heavy atom. The molecule has 0 aromatic heterocycles. The molecule has 2 amide bonds. The number of nitrogens with one attached hydrogen (secondary N) is 1. The van der Waals surface area contributed by atoms with Gasteiger partial charge in [0.15, 0.2) is 0 Å². The highest BCUT2D eigenvalue weighted by molar-refractivity contribution is 5.82. The van der Waals surface area contributed by atoms with Crippen molar-refractivity contribution in [1.82, 2.24) is 10.2 Å². The van der Waals surface area contributed by atoms with Crippen molar-refractivity contribution in [2.45, 2.75) is 51.9 Å². The molecular formula is C12H22N2O4. The van der Waals surface area contributed by atoms with E-state index in [1.54, 1.807) is 25.7 Å². The van der Waals surface area contributed by atoms with Crippen LogP contribution in [0.3, 0.4) is 0 Å². The van der Waals surface area contributed by atoms with Gasteiger partial charge in [-0.2, -0.15) is 0 Å². The standard InChI is InChI=1S/C12H22N2O4/c1-8-5-9(15)7-14(8)10(16)6-13-11(17)18-12(2,3)4/h8-9,15H,5-7H2,1-4H3,(H,13,17). The Morgan fingerprint density at radius 1 is 1.44 bits per heavy atom. The van der Waals surface area contributed by atoms with E-state index in [-0.39, 0.29) is 18.5 Å². The first kappa shape index (κ1) is 14.8. The third kappa shape index (κ3) is 4.52. The maximum Gasteiger partial charge on any atom is 0.408 e. The van der Waals surface area contributed by atoms with E-state index in [0.29, 0.717) is 13.0 Å². The molecule has 0 spiro atoms. The van der Waals surface area contributed by atoms with Crippen molar-refractivity contribution in [2.75, 3.05) is 13.1 Å². The minimum Gasteiger partial charge on any atom is -0.444 e. The molecule has 0 radical (unpaired) electrons. The third-order valence-electron chi connectivity index (χ3n) is 2.66. The molecule has 0 aromatic carbocycles. The second-order valence-electron chi connectivity index (χ2n) is 5.64. The van der Waals surface area contributed by atoms with Crippen molar-refractivity contribution in [2.24, 2.45) is 0 Å². The summed E-state index contributed by atoms with van der Waals surface area (Å²) in [5.74, 6) is -0.204. The molecule has 6 nitrogen and oxygen atoms in total. The van der Waals surface area contributed by atoms with Crippen molar-refractivity contribution in [3.8, 4) is 0 Å². The SMILES string of the molecule is CC1CC(O)CN1C(=O)CNC(=O)OC(C)(C)C. The molecule has 104 valence electrons. The van der Waals surface area contributed by atoms with Crippen LogP contribution >= 0.6 is 0 Å². The van der Waals surface area contributed by atoms with E-state index in [2.05, 4.69) is 5.32 Å². The van der Waals surface area contributed by atoms with Crippen LogP contribution in [0.25, 0.3) is 0 Å². The molecule has 6 heteroatoms. The summed E-state index contributed by atoms with van der Waals surface area (Å²) < 4.78 is 5.03. The fourth-order valence-electron chi connectivity index (χ4n) is 1.91. The Bertz CT molecular complexity index is 325. The van der Waals surface area contributed by atoms with Crippen LogP contribution in [-0.4, -0.2) is 52.8 Å². The first-order valence-electron chi connectivity index (χ1n) is 6.13. The molecular weight excluding hydrogens is 236 g/mol. The minimum absolute atomic E-state index is 0.00735. The van der Waals surface area contributed by atoms with Crippen LogP contribution in [0.5, 0.6) is 0 Å². The molecule has 2 N–H and O–H groups in total. The zero-order valence-corrected chi connectivity index (χ0v) is 11.4. The number of carbonyl (C=O) groups is 2. The zero-order chi connectivity index (χ0) is 13.9. The minimum atomic E-state index is -0.608. The van der Waals surface area contributed by atoms with Gasteiger partial charge in [-0.3, -0.25) is 4.79 Å². The second kappa shape index (κ2) is 5.56. The number of aliphatic hydroxyl groups excluding tert-OH is 1. The predicted molar refractivity (Wildman–Crippen MR) is 66.0 cm³/mol. The average Bonchev–Trinajstić information content (AvgIpc) is 2.52. The summed E-state index contributed by atoms with van der Waals surface area (Å²) in [6, 6.07) is 0.00735. The van der Waals surface area contributed by atoms with E-state index in [1.807, 2.05) is 6.92 Å². The van der Waals surface area contributed by atoms with Gasteiger partial charge in [-0.15, -0.1) is 0 Å². The van der Waals surface area contributed by atoms with Crippen molar-refractivity contribution in [3.63, 3.8) is 0 Å². The molecule has 1 aliphatic heterocycles. The number of alkyl carbamates (subject to hydrolysis) is 1. The maximum atomic E-state index is 11.8. The lowest BCUT2D eigenvalue weighted by Crippen LogP contribution is -2.43. The molecule has 1 aliphatic rings. The topological polar surface area (TPSA) is 78.9 Å². The van der Waals surface area contributed by atoms with E-state index in [0.717, 1.165) is 0 Å². The normalized spacial score (nSPS) is 23.9. The van der Waals surface area contributed by atoms with Crippen molar-refractivity contribution >= 4 is 12.0 Å². The van der Waals surface area contributed by atoms with Gasteiger partial charge in [-0.25, -0.2) is 4.79 Å². The van der Waals surface area contributed by atoms with E-state index in [4.69, 9.17) is 4.74 Å². The number of nitrogens with zero attached hydrogens (tertiary/aromatic N) is 1. The molecule has 0 saturated carbocycles. The number of carbonyl (C=O) groups excluding carboxylic acids is 2. The van der Waals surface area contributed by atoms with Gasteiger partial charge in [-0.1, -0.05) is 0 Å². The van der Waals surface area contributed by atoms with Gasteiger partial charge in [0, 0.05) is 12.6 Å². The van der Waals surface area contributed by atoms with Gasteiger partial charge in [-0.05, 0) is 34.1 Å². The predicted octanol–water partition coefficient (Wildman–Crippen LogP) is 0.493. The summed E-state index contributed by atoms with van der Waals surface area (Å²) in [6.45, 7) is 7.37. The number of rotatable bonds is 2. The fourth-order valence-corrected chi connectivity index (χ4v) is 1.91. The van der Waals surface area contributed by atoms with Crippen LogP contribution in [-0.2, 0) is 9.53 Å². The molecule has 0 bridgehead atoms. The molecule has 1 fully saturated rings. The highest BCUT2D eigenvalue weighted by atomic mass is 16.6. The zero-order valence-electron chi connectivity index (χ0n) is 11.4. The lowest BCUT2D eigenvalue weighted by molar-refractivity contribution is -0.131. The maximum absolute atomic E-state index is 11.8. The molecule has 2 atom stereocenters. The Hall–Kier alpha value is -1.30. The van der Waals surface area contributed by atoms with Gasteiger partial charge >= 0.3 is 6.09 Å². The molecule has 0 aromatic rings. The van der Waals surface area contributed by atoms with E-state index < -0.39 is 17.8 Å². The summed E-state index contributed by atoms with van der Waals surface area (Å²) in [7, 11) is 0. The monoisotopic (exact) mass is 258 g/mol. The van der Waals surface area contributed by atoms with Crippen LogP contribution in [0.2, 0.25) is 0 Å². The summed E-state index contributed by atoms with van der Waals surface area (Å²) in [6.07, 6.45) is -0.494. The fraction of sp³-hybridized carbons (Fsp3) is 0.833. The highest BCUT2D eigenvalue weighted by Crippen LogP contribution is 2.16. The number of amides is 2. The summed E-state index contributed by atoms with van der Waals surface area (Å²) in [5, 5.41) is 11.9. The van der Waals surface area contributed by atoms with Crippen LogP contribution < -0.4 is 5.32 Å². The van der Waals surface area contributed by atoms with Crippen molar-refractivity contribution in [3.05, 3.63) is 0 Å². The molecule has 0 aliphatic carbocycles. The number of hydrogen-bond donors (Lipinski definition) is 2. The number of likely N-dealkylation sites (tertiary alicyclic amines) is 1. The number of ether oxygens (including phenoxy) is 1. The Labute approximate surface area is 107 Å². The molecule has 1 heterocycles. The first-order chi connectivity index (χ1) is 8.19. The number of hydrogen-bond acceptors (Lipinski definition) is 4. The Kier molecular flexibility index (Phi) is 4.56. The average molecular weight is 258 g/mol. The van der Waals surface area contributed by atoms with Crippen LogP contribution in [0.4, 0.5) is 4.79 Å². The number of β-amino-alcohol motifs (C(OH)–C–C–N with tert-alkyl or cyclic N) is 1. The van der Waals surface area contributed by atoms with Gasteiger partial charge in [0.1, 0.15) is 12.1 Å². The van der Waals surface area contributed by atoms with Gasteiger partial charge in [0.2, 0.25) is 5.91 Å². The third-order valence-corrected chi connectivity index (χ3v) is 2.66. The molecule has 2 unspecified atom stereocenters. The van der Waals surface area contributed by atoms with Gasteiger partial charge < -0.3 is 20.1 Å². The van der Waals surface area contributed by atoms with Gasteiger partial charge in [0.05, 0.1) is 6.10 Å². The van der Waals surface area contributed by atoms with Crippen molar-refractivity contribution < 1.29 is 19.4 Å². The summed E-state index contributed by atoms with van der Waals surface area (Å²) in [5.41, 5.74) is -0.579. The van der Waals surface area contributed by atoms with Crippen LogP contribution in [0.15, 0.2) is 0 Å². The summed E-state index contributed by atoms with van der Waals surface area (Å²) >= 11 is 0. The smallest absolute Gasteiger partial charge is 0.408 e. The van der Waals surface area contributed by atoms with Crippen molar-refractivity contribution in [1.29, 1.82) is 0 Å². The van der Waals surface area contributed by atoms with Gasteiger partial charge in [0.25, 0.3) is 0 Å². The Morgan fingerprint density at radius 3 is 2.50 bits per heavy atom. The van der Waals surface area contributed by atoms with E-state index in [9.17, 15) is 14.7 Å².